The molecule has 0 atom stereocenters. The molecule has 17 heavy (non-hydrogen) atoms. The van der Waals surface area contributed by atoms with Gasteiger partial charge < -0.3 is 0 Å². The van der Waals surface area contributed by atoms with E-state index in [9.17, 15) is 0 Å². The molecule has 0 aliphatic heterocycles. The molecule has 0 aliphatic carbocycles. The highest BCUT2D eigenvalue weighted by Gasteiger charge is 2.14. The number of rotatable bonds is 2. The lowest BCUT2D eigenvalue weighted by Crippen LogP contribution is -1.96. The molecule has 86 valence electrons. The molecule has 0 unspecified atom stereocenters. The van der Waals surface area contributed by atoms with Gasteiger partial charge in [-0.1, -0.05) is 29.3 Å². The maximum atomic E-state index is 8.73. The van der Waals surface area contributed by atoms with Gasteiger partial charge in [-0.3, -0.25) is 0 Å². The van der Waals surface area contributed by atoms with Gasteiger partial charge in [0.1, 0.15) is 5.15 Å². The molecule has 0 radical (unpaired) electrons. The number of hydrogen-bond donors (Lipinski definition) is 0. The van der Waals surface area contributed by atoms with E-state index >= 15 is 0 Å². The van der Waals surface area contributed by atoms with Crippen LogP contribution in [0.3, 0.4) is 0 Å². The minimum absolute atomic E-state index is 0.255. The summed E-state index contributed by atoms with van der Waals surface area (Å²) in [5.74, 6) is 0. The fraction of sp³-hybridized carbons (Fsp3) is 0.167. The van der Waals surface area contributed by atoms with Crippen molar-refractivity contribution in [3.8, 4) is 11.8 Å². The van der Waals surface area contributed by atoms with Crippen molar-refractivity contribution in [1.82, 2.24) is 9.78 Å². The lowest BCUT2D eigenvalue weighted by atomic mass is 10.2. The molecule has 0 saturated heterocycles. The molecule has 0 amide bonds. The zero-order valence-electron chi connectivity index (χ0n) is 9.11. The van der Waals surface area contributed by atoms with Crippen LogP contribution < -0.4 is 0 Å². The molecule has 1 heterocycles. The Balaban J connectivity index is 2.54. The first-order valence-corrected chi connectivity index (χ1v) is 5.76. The molecule has 3 nitrogen and oxygen atoms in total. The van der Waals surface area contributed by atoms with E-state index in [1.165, 1.54) is 0 Å². The molecular weight excluding hydrogens is 257 g/mol. The Morgan fingerprint density at radius 2 is 2.18 bits per heavy atom. The minimum atomic E-state index is 0.255. The van der Waals surface area contributed by atoms with Crippen LogP contribution in [0.15, 0.2) is 24.3 Å². The standard InChI is InChI=1S/C12H9Cl2N3/c1-8-11(5-6-15)12(14)17(16-8)10-4-2-3-9(13)7-10/h2-4,7H,5H2,1H3. The molecule has 0 spiro atoms. The molecule has 0 bridgehead atoms. The largest absolute Gasteiger partial charge is 0.222 e. The van der Waals surface area contributed by atoms with Gasteiger partial charge in [0.15, 0.2) is 0 Å². The van der Waals surface area contributed by atoms with Crippen LogP contribution in [0, 0.1) is 18.3 Å². The Hall–Kier alpha value is -1.50. The summed E-state index contributed by atoms with van der Waals surface area (Å²) in [6.07, 6.45) is 0.255. The number of nitriles is 1. The average Bonchev–Trinajstić information content (AvgIpc) is 2.57. The quantitative estimate of drug-likeness (QED) is 0.834. The second-order valence-electron chi connectivity index (χ2n) is 3.58. The van der Waals surface area contributed by atoms with E-state index in [0.29, 0.717) is 10.2 Å². The molecule has 5 heteroatoms. The van der Waals surface area contributed by atoms with Crippen molar-refractivity contribution in [3.63, 3.8) is 0 Å². The summed E-state index contributed by atoms with van der Waals surface area (Å²) in [6.45, 7) is 1.83. The Morgan fingerprint density at radius 1 is 1.41 bits per heavy atom. The summed E-state index contributed by atoms with van der Waals surface area (Å²) in [5.41, 5.74) is 2.31. The number of benzene rings is 1. The average molecular weight is 266 g/mol. The monoisotopic (exact) mass is 265 g/mol. The highest BCUT2D eigenvalue weighted by molar-refractivity contribution is 6.31. The number of nitrogens with zero attached hydrogens (tertiary/aromatic N) is 3. The van der Waals surface area contributed by atoms with E-state index < -0.39 is 0 Å². The number of aryl methyl sites for hydroxylation is 1. The molecule has 0 aliphatic rings. The van der Waals surface area contributed by atoms with Gasteiger partial charge in [-0.25, -0.2) is 4.68 Å². The van der Waals surface area contributed by atoms with Gasteiger partial charge in [-0.15, -0.1) is 0 Å². The molecule has 1 aromatic carbocycles. The summed E-state index contributed by atoms with van der Waals surface area (Å²) < 4.78 is 1.59. The maximum Gasteiger partial charge on any atom is 0.137 e. The SMILES string of the molecule is Cc1nn(-c2cccc(Cl)c2)c(Cl)c1CC#N. The van der Waals surface area contributed by atoms with Crippen LogP contribution in [0.25, 0.3) is 5.69 Å². The number of hydrogen-bond acceptors (Lipinski definition) is 2. The Labute approximate surface area is 109 Å². The Morgan fingerprint density at radius 3 is 2.82 bits per heavy atom. The molecule has 0 fully saturated rings. The number of halogens is 2. The highest BCUT2D eigenvalue weighted by atomic mass is 35.5. The van der Waals surface area contributed by atoms with Crippen molar-refractivity contribution in [1.29, 1.82) is 5.26 Å². The second-order valence-corrected chi connectivity index (χ2v) is 4.38. The molecule has 0 N–H and O–H groups in total. The van der Waals surface area contributed by atoms with Crippen LogP contribution in [-0.2, 0) is 6.42 Å². The van der Waals surface area contributed by atoms with E-state index in [1.807, 2.05) is 19.1 Å². The predicted molar refractivity (Wildman–Crippen MR) is 67.6 cm³/mol. The maximum absolute atomic E-state index is 8.73. The first kappa shape index (κ1) is 12.0. The fourth-order valence-corrected chi connectivity index (χ4v) is 2.11. The zero-order chi connectivity index (χ0) is 12.4. The van der Waals surface area contributed by atoms with E-state index in [0.717, 1.165) is 16.9 Å². The summed E-state index contributed by atoms with van der Waals surface area (Å²) in [7, 11) is 0. The second kappa shape index (κ2) is 4.79. The summed E-state index contributed by atoms with van der Waals surface area (Å²) in [6, 6.07) is 9.32. The minimum Gasteiger partial charge on any atom is -0.222 e. The van der Waals surface area contributed by atoms with Crippen molar-refractivity contribution in [2.75, 3.05) is 0 Å². The van der Waals surface area contributed by atoms with Crippen LogP contribution in [0.4, 0.5) is 0 Å². The van der Waals surface area contributed by atoms with Crippen molar-refractivity contribution in [3.05, 3.63) is 45.7 Å². The van der Waals surface area contributed by atoms with E-state index in [2.05, 4.69) is 11.2 Å². The van der Waals surface area contributed by atoms with Gasteiger partial charge in [0.05, 0.1) is 23.9 Å². The van der Waals surface area contributed by atoms with Gasteiger partial charge in [0, 0.05) is 10.6 Å². The van der Waals surface area contributed by atoms with Gasteiger partial charge in [-0.05, 0) is 25.1 Å². The molecule has 2 aromatic rings. The van der Waals surface area contributed by atoms with Gasteiger partial charge >= 0.3 is 0 Å². The van der Waals surface area contributed by atoms with Crippen LogP contribution in [-0.4, -0.2) is 9.78 Å². The van der Waals surface area contributed by atoms with Gasteiger partial charge in [-0.2, -0.15) is 10.4 Å². The van der Waals surface area contributed by atoms with Crippen molar-refractivity contribution in [2.24, 2.45) is 0 Å². The molecule has 0 saturated carbocycles. The van der Waals surface area contributed by atoms with Crippen molar-refractivity contribution in [2.45, 2.75) is 13.3 Å². The third-order valence-electron chi connectivity index (χ3n) is 2.43. The number of aromatic nitrogens is 2. The lowest BCUT2D eigenvalue weighted by Gasteiger charge is -2.03. The first-order valence-electron chi connectivity index (χ1n) is 5.00. The molecule has 1 aromatic heterocycles. The smallest absolute Gasteiger partial charge is 0.137 e. The van der Waals surface area contributed by atoms with Gasteiger partial charge in [0.2, 0.25) is 0 Å². The lowest BCUT2D eigenvalue weighted by molar-refractivity contribution is 0.863. The third kappa shape index (κ3) is 2.28. The predicted octanol–water partition coefficient (Wildman–Crippen LogP) is 3.55. The van der Waals surface area contributed by atoms with Crippen LogP contribution in [0.2, 0.25) is 10.2 Å². The van der Waals surface area contributed by atoms with Crippen molar-refractivity contribution >= 4 is 23.2 Å². The Bertz CT molecular complexity index is 596. The van der Waals surface area contributed by atoms with Gasteiger partial charge in [0.25, 0.3) is 0 Å². The van der Waals surface area contributed by atoms with E-state index in [4.69, 9.17) is 28.5 Å². The summed E-state index contributed by atoms with van der Waals surface area (Å²) in [5, 5.41) is 14.1. The molecular formula is C12H9Cl2N3. The van der Waals surface area contributed by atoms with Crippen molar-refractivity contribution < 1.29 is 0 Å². The third-order valence-corrected chi connectivity index (χ3v) is 3.05. The first-order chi connectivity index (χ1) is 8.13. The highest BCUT2D eigenvalue weighted by Crippen LogP contribution is 2.24. The zero-order valence-corrected chi connectivity index (χ0v) is 10.6. The molecule has 2 rings (SSSR count). The topological polar surface area (TPSA) is 41.6 Å². The fourth-order valence-electron chi connectivity index (χ4n) is 1.59. The summed E-state index contributed by atoms with van der Waals surface area (Å²) in [4.78, 5) is 0. The van der Waals surface area contributed by atoms with Crippen LogP contribution >= 0.6 is 23.2 Å². The normalized spacial score (nSPS) is 10.2. The van der Waals surface area contributed by atoms with Crippen LogP contribution in [0.5, 0.6) is 0 Å². The van der Waals surface area contributed by atoms with E-state index in [-0.39, 0.29) is 6.42 Å². The van der Waals surface area contributed by atoms with Crippen LogP contribution in [0.1, 0.15) is 11.3 Å². The Kier molecular flexibility index (Phi) is 3.37. The summed E-state index contributed by atoms with van der Waals surface area (Å²) >= 11 is 12.1. The van der Waals surface area contributed by atoms with E-state index in [1.54, 1.807) is 16.8 Å².